The molecular weight excluding hydrogens is 396 g/mol. The van der Waals surface area contributed by atoms with Crippen LogP contribution in [0.15, 0.2) is 53.7 Å². The fourth-order valence-electron chi connectivity index (χ4n) is 3.17. The normalized spacial score (nSPS) is 11.9. The van der Waals surface area contributed by atoms with E-state index in [1.165, 1.54) is 17.3 Å². The summed E-state index contributed by atoms with van der Waals surface area (Å²) < 4.78 is 7.24. The van der Waals surface area contributed by atoms with Crippen LogP contribution in [-0.4, -0.2) is 33.5 Å². The molecular formula is C23H28N4O2S. The second-order valence-corrected chi connectivity index (χ2v) is 7.89. The number of rotatable bonds is 9. The fourth-order valence-corrected chi connectivity index (χ4v) is 3.99. The number of hydrogen-bond acceptors (Lipinski definition) is 5. The Kier molecular flexibility index (Phi) is 7.52. The smallest absolute Gasteiger partial charge is 0.230 e. The van der Waals surface area contributed by atoms with Crippen molar-refractivity contribution >= 4 is 17.7 Å². The number of nitrogens with one attached hydrogen (secondary N) is 1. The van der Waals surface area contributed by atoms with Crippen molar-refractivity contribution in [3.8, 4) is 17.1 Å². The Balaban J connectivity index is 1.62. The fraction of sp³-hybridized carbons (Fsp3) is 0.348. The van der Waals surface area contributed by atoms with Crippen molar-refractivity contribution in [1.29, 1.82) is 0 Å². The number of hydrogen-bond donors (Lipinski definition) is 1. The lowest BCUT2D eigenvalue weighted by molar-refractivity contribution is -0.119. The van der Waals surface area contributed by atoms with Crippen LogP contribution >= 0.6 is 11.8 Å². The summed E-state index contributed by atoms with van der Waals surface area (Å²) in [6.45, 7) is 6.90. The SMILES string of the molecule is CCc1ccc([C@H](C)NC(=O)CSc2nnc(-c3ccc(OC)cc3)n2CC)cc1. The predicted molar refractivity (Wildman–Crippen MR) is 121 cm³/mol. The van der Waals surface area contributed by atoms with E-state index in [4.69, 9.17) is 4.74 Å². The molecule has 3 rings (SSSR count). The van der Waals surface area contributed by atoms with Gasteiger partial charge in [0.2, 0.25) is 5.91 Å². The molecule has 2 aromatic carbocycles. The first-order valence-electron chi connectivity index (χ1n) is 10.1. The van der Waals surface area contributed by atoms with Crippen molar-refractivity contribution in [2.24, 2.45) is 0 Å². The van der Waals surface area contributed by atoms with Gasteiger partial charge in [0.15, 0.2) is 11.0 Å². The Morgan fingerprint density at radius 1 is 1.10 bits per heavy atom. The number of amides is 1. The second-order valence-electron chi connectivity index (χ2n) is 6.95. The highest BCUT2D eigenvalue weighted by atomic mass is 32.2. The van der Waals surface area contributed by atoms with Crippen LogP contribution in [0.25, 0.3) is 11.4 Å². The quantitative estimate of drug-likeness (QED) is 0.512. The highest BCUT2D eigenvalue weighted by molar-refractivity contribution is 7.99. The van der Waals surface area contributed by atoms with Gasteiger partial charge in [-0.05, 0) is 55.7 Å². The van der Waals surface area contributed by atoms with E-state index in [2.05, 4.69) is 46.7 Å². The van der Waals surface area contributed by atoms with Crippen LogP contribution < -0.4 is 10.1 Å². The number of thioether (sulfide) groups is 1. The molecule has 0 aliphatic rings. The third kappa shape index (κ3) is 5.21. The standard InChI is InChI=1S/C23H28N4O2S/c1-5-17-7-9-18(10-8-17)16(3)24-21(28)15-30-23-26-25-22(27(23)6-2)19-11-13-20(29-4)14-12-19/h7-14,16H,5-6,15H2,1-4H3,(H,24,28)/t16-/m0/s1. The Hall–Kier alpha value is -2.80. The van der Waals surface area contributed by atoms with Gasteiger partial charge in [0.05, 0.1) is 18.9 Å². The lowest BCUT2D eigenvalue weighted by Gasteiger charge is -2.15. The van der Waals surface area contributed by atoms with E-state index in [1.807, 2.05) is 42.7 Å². The summed E-state index contributed by atoms with van der Waals surface area (Å²) in [5.41, 5.74) is 3.36. The highest BCUT2D eigenvalue weighted by Crippen LogP contribution is 2.25. The summed E-state index contributed by atoms with van der Waals surface area (Å²) in [4.78, 5) is 12.5. The molecule has 1 aromatic heterocycles. The van der Waals surface area contributed by atoms with Crippen molar-refractivity contribution in [3.05, 3.63) is 59.7 Å². The van der Waals surface area contributed by atoms with Crippen molar-refractivity contribution in [2.45, 2.75) is 44.9 Å². The summed E-state index contributed by atoms with van der Waals surface area (Å²) in [7, 11) is 1.64. The van der Waals surface area contributed by atoms with Crippen LogP contribution in [-0.2, 0) is 17.8 Å². The summed E-state index contributed by atoms with van der Waals surface area (Å²) >= 11 is 1.40. The molecule has 7 heteroatoms. The van der Waals surface area contributed by atoms with Gasteiger partial charge < -0.3 is 14.6 Å². The first-order valence-corrected chi connectivity index (χ1v) is 11.1. The maximum atomic E-state index is 12.5. The maximum Gasteiger partial charge on any atom is 0.230 e. The van der Waals surface area contributed by atoms with Crippen LogP contribution in [0.5, 0.6) is 5.75 Å². The molecule has 0 unspecified atom stereocenters. The molecule has 1 atom stereocenters. The van der Waals surface area contributed by atoms with Crippen LogP contribution in [0.3, 0.4) is 0 Å². The molecule has 158 valence electrons. The number of aromatic nitrogens is 3. The van der Waals surface area contributed by atoms with Gasteiger partial charge in [-0.3, -0.25) is 4.79 Å². The number of ether oxygens (including phenoxy) is 1. The van der Waals surface area contributed by atoms with Gasteiger partial charge in [0.1, 0.15) is 5.75 Å². The van der Waals surface area contributed by atoms with Gasteiger partial charge in [-0.2, -0.15) is 0 Å². The van der Waals surface area contributed by atoms with Gasteiger partial charge in [0.25, 0.3) is 0 Å². The Morgan fingerprint density at radius 2 is 1.80 bits per heavy atom. The van der Waals surface area contributed by atoms with Crippen molar-refractivity contribution < 1.29 is 9.53 Å². The molecule has 0 fully saturated rings. The molecule has 0 aliphatic carbocycles. The van der Waals surface area contributed by atoms with Gasteiger partial charge in [-0.15, -0.1) is 10.2 Å². The first-order chi connectivity index (χ1) is 14.5. The first kappa shape index (κ1) is 21.9. The van der Waals surface area contributed by atoms with E-state index in [-0.39, 0.29) is 17.7 Å². The summed E-state index contributed by atoms with van der Waals surface area (Å²) in [6, 6.07) is 16.1. The second kappa shape index (κ2) is 10.3. The van der Waals surface area contributed by atoms with E-state index in [0.717, 1.165) is 40.8 Å². The Morgan fingerprint density at radius 3 is 2.40 bits per heavy atom. The summed E-state index contributed by atoms with van der Waals surface area (Å²) in [5.74, 6) is 1.85. The number of nitrogens with zero attached hydrogens (tertiary/aromatic N) is 3. The average Bonchev–Trinajstić information content (AvgIpc) is 3.20. The van der Waals surface area contributed by atoms with Crippen LogP contribution in [0.4, 0.5) is 0 Å². The number of benzene rings is 2. The van der Waals surface area contributed by atoms with E-state index >= 15 is 0 Å². The zero-order chi connectivity index (χ0) is 21.5. The molecule has 0 aliphatic heterocycles. The molecule has 0 saturated heterocycles. The van der Waals surface area contributed by atoms with Gasteiger partial charge in [-0.25, -0.2) is 0 Å². The lowest BCUT2D eigenvalue weighted by atomic mass is 10.1. The summed E-state index contributed by atoms with van der Waals surface area (Å²) in [6.07, 6.45) is 1.01. The topological polar surface area (TPSA) is 69.0 Å². The number of carbonyl (C=O) groups is 1. The maximum absolute atomic E-state index is 12.5. The number of aryl methyl sites for hydroxylation is 1. The minimum absolute atomic E-state index is 0.0243. The molecule has 1 heterocycles. The molecule has 6 nitrogen and oxygen atoms in total. The van der Waals surface area contributed by atoms with Crippen molar-refractivity contribution in [2.75, 3.05) is 12.9 Å². The third-order valence-electron chi connectivity index (χ3n) is 4.98. The zero-order valence-electron chi connectivity index (χ0n) is 17.9. The largest absolute Gasteiger partial charge is 0.497 e. The molecule has 0 spiro atoms. The monoisotopic (exact) mass is 424 g/mol. The number of carbonyl (C=O) groups excluding carboxylic acids is 1. The number of methoxy groups -OCH3 is 1. The molecule has 1 amide bonds. The molecule has 0 bridgehead atoms. The Labute approximate surface area is 182 Å². The molecule has 3 aromatic rings. The van der Waals surface area contributed by atoms with Crippen LogP contribution in [0, 0.1) is 0 Å². The predicted octanol–water partition coefficient (Wildman–Crippen LogP) is 4.51. The lowest BCUT2D eigenvalue weighted by Crippen LogP contribution is -2.28. The highest BCUT2D eigenvalue weighted by Gasteiger charge is 2.16. The molecule has 0 radical (unpaired) electrons. The van der Waals surface area contributed by atoms with Crippen molar-refractivity contribution in [3.63, 3.8) is 0 Å². The summed E-state index contributed by atoms with van der Waals surface area (Å²) in [5, 5.41) is 12.4. The van der Waals surface area contributed by atoms with Gasteiger partial charge in [0, 0.05) is 12.1 Å². The van der Waals surface area contributed by atoms with Gasteiger partial charge in [-0.1, -0.05) is 43.0 Å². The van der Waals surface area contributed by atoms with Gasteiger partial charge >= 0.3 is 0 Å². The molecule has 0 saturated carbocycles. The Bertz CT molecular complexity index is 968. The molecule has 1 N–H and O–H groups in total. The molecule has 30 heavy (non-hydrogen) atoms. The van der Waals surface area contributed by atoms with E-state index < -0.39 is 0 Å². The van der Waals surface area contributed by atoms with E-state index in [9.17, 15) is 4.79 Å². The third-order valence-corrected chi connectivity index (χ3v) is 5.95. The van der Waals surface area contributed by atoms with E-state index in [1.54, 1.807) is 7.11 Å². The zero-order valence-corrected chi connectivity index (χ0v) is 18.7. The van der Waals surface area contributed by atoms with Crippen LogP contribution in [0.2, 0.25) is 0 Å². The minimum atomic E-state index is -0.0390. The minimum Gasteiger partial charge on any atom is -0.497 e. The van der Waals surface area contributed by atoms with Crippen LogP contribution in [0.1, 0.15) is 37.9 Å². The van der Waals surface area contributed by atoms with Crippen molar-refractivity contribution in [1.82, 2.24) is 20.1 Å². The average molecular weight is 425 g/mol. The van der Waals surface area contributed by atoms with E-state index in [0.29, 0.717) is 0 Å².